The third-order valence-corrected chi connectivity index (χ3v) is 9.18. The van der Waals surface area contributed by atoms with Crippen LogP contribution in [0.1, 0.15) is 19.8 Å². The number of hydrogen-bond acceptors (Lipinski definition) is 8. The van der Waals surface area contributed by atoms with Gasteiger partial charge < -0.3 is 15.4 Å². The number of fused-ring (bicyclic) bond motifs is 1. The van der Waals surface area contributed by atoms with Crippen molar-refractivity contribution in [1.29, 1.82) is 0 Å². The fourth-order valence-electron chi connectivity index (χ4n) is 3.41. The maximum Gasteiger partial charge on any atom is 0.225 e. The number of rotatable bonds is 7. The number of aromatic nitrogens is 2. The van der Waals surface area contributed by atoms with Crippen LogP contribution < -0.4 is 15.4 Å². The van der Waals surface area contributed by atoms with Gasteiger partial charge in [-0.15, -0.1) is 9.62 Å². The van der Waals surface area contributed by atoms with Crippen LogP contribution >= 0.6 is 32.0 Å². The van der Waals surface area contributed by atoms with Crippen molar-refractivity contribution in [2.45, 2.75) is 25.0 Å². The van der Waals surface area contributed by atoms with Gasteiger partial charge in [0.05, 0.1) is 22.8 Å². The van der Waals surface area contributed by atoms with Gasteiger partial charge >= 0.3 is 0 Å². The van der Waals surface area contributed by atoms with Crippen LogP contribution in [0.2, 0.25) is 5.02 Å². The van der Waals surface area contributed by atoms with Crippen LogP contribution in [-0.4, -0.2) is 42.6 Å². The second-order valence-corrected chi connectivity index (χ2v) is 12.4. The van der Waals surface area contributed by atoms with Gasteiger partial charge in [-0.1, -0.05) is 11.6 Å². The van der Waals surface area contributed by atoms with Crippen molar-refractivity contribution in [3.05, 3.63) is 47.5 Å². The molecule has 1 atom stereocenters. The zero-order valence-electron chi connectivity index (χ0n) is 17.5. The Labute approximate surface area is 200 Å². The molecular formula is C21H22ClFN4O4S2. The van der Waals surface area contributed by atoms with Crippen LogP contribution in [0.5, 0.6) is 5.75 Å². The molecule has 0 bridgehead atoms. The van der Waals surface area contributed by atoms with Gasteiger partial charge in [0.15, 0.2) is 0 Å². The third-order valence-electron chi connectivity index (χ3n) is 4.90. The lowest BCUT2D eigenvalue weighted by molar-refractivity contribution is -0.116. The minimum absolute atomic E-state index is 0.0219. The molecule has 3 aromatic rings. The number of nitrogens with zero attached hydrogens (tertiary/aromatic N) is 2. The quantitative estimate of drug-likeness (QED) is 0.282. The van der Waals surface area contributed by atoms with Crippen molar-refractivity contribution in [3.63, 3.8) is 0 Å². The number of hydrogen-bond donors (Lipinski definition) is 4. The summed E-state index contributed by atoms with van der Waals surface area (Å²) in [6, 6.07) is 7.66. The molecule has 4 rings (SSSR count). The molecule has 0 radical (unpaired) electrons. The number of nitrogens with one attached hydrogen (secondary N) is 2. The van der Waals surface area contributed by atoms with Crippen molar-refractivity contribution in [1.82, 2.24) is 9.97 Å². The summed E-state index contributed by atoms with van der Waals surface area (Å²) in [6.45, 7) is 2.22. The molecule has 1 unspecified atom stereocenters. The molecule has 8 nitrogen and oxygen atoms in total. The van der Waals surface area contributed by atoms with E-state index in [2.05, 4.69) is 20.6 Å². The first-order chi connectivity index (χ1) is 15.7. The summed E-state index contributed by atoms with van der Waals surface area (Å²) in [7, 11) is -1.58. The topological polar surface area (TPSA) is 117 Å². The normalized spacial score (nSPS) is 18.2. The Morgan fingerprint density at radius 1 is 1.33 bits per heavy atom. The van der Waals surface area contributed by atoms with E-state index in [0.29, 0.717) is 52.6 Å². The first-order valence-electron chi connectivity index (χ1n) is 10.1. The third kappa shape index (κ3) is 5.79. The van der Waals surface area contributed by atoms with E-state index in [1.54, 1.807) is 12.1 Å². The van der Waals surface area contributed by atoms with E-state index in [1.807, 2.05) is 6.92 Å². The Morgan fingerprint density at radius 3 is 2.85 bits per heavy atom. The summed E-state index contributed by atoms with van der Waals surface area (Å²) in [4.78, 5) is 21.3. The van der Waals surface area contributed by atoms with Gasteiger partial charge in [-0.2, -0.15) is 0 Å². The van der Waals surface area contributed by atoms with Crippen LogP contribution in [-0.2, 0) is 4.79 Å². The Kier molecular flexibility index (Phi) is 7.15. The van der Waals surface area contributed by atoms with Gasteiger partial charge in [0.1, 0.15) is 23.7 Å². The molecule has 1 aromatic heterocycles. The van der Waals surface area contributed by atoms with Crippen LogP contribution in [0.15, 0.2) is 36.7 Å². The minimum atomic E-state index is -2.65. The highest BCUT2D eigenvalue weighted by molar-refractivity contribution is 8.90. The summed E-state index contributed by atoms with van der Waals surface area (Å²) < 4.78 is 38.8. The summed E-state index contributed by atoms with van der Waals surface area (Å²) in [5.74, 6) is 0.414. The molecule has 0 aliphatic carbocycles. The maximum absolute atomic E-state index is 13.5. The van der Waals surface area contributed by atoms with E-state index in [9.17, 15) is 18.3 Å². The smallest absolute Gasteiger partial charge is 0.225 e. The standard InChI is InChI=1S/C21H22ClFN4O4S2/c1-2-31-19-10-17-14(9-18(19)27-20(28)8-13-5-6-33(29,30)32-13)21(25-11-24-17)26-12-3-4-16(23)15(22)7-12/h3-4,7,9-11,13,29-30H,2,5-6,8H2,1H3,(H,27,28)(H,24,25,26). The van der Waals surface area contributed by atoms with Gasteiger partial charge in [0.25, 0.3) is 0 Å². The molecule has 2 heterocycles. The van der Waals surface area contributed by atoms with Gasteiger partial charge in [-0.05, 0) is 48.4 Å². The monoisotopic (exact) mass is 512 g/mol. The second-order valence-electron chi connectivity index (χ2n) is 7.34. The first kappa shape index (κ1) is 23.8. The van der Waals surface area contributed by atoms with Crippen LogP contribution in [0.3, 0.4) is 0 Å². The lowest BCUT2D eigenvalue weighted by Gasteiger charge is -2.24. The molecule has 12 heteroatoms. The van der Waals surface area contributed by atoms with Crippen LogP contribution in [0, 0.1) is 5.82 Å². The number of amides is 1. The SMILES string of the molecule is CCOc1cc2ncnc(Nc3ccc(F)c(Cl)c3)c2cc1NC(=O)CC1CCS(O)(O)S1. The van der Waals surface area contributed by atoms with E-state index in [0.717, 1.165) is 10.8 Å². The molecular weight excluding hydrogens is 491 g/mol. The van der Waals surface area contributed by atoms with Crippen LogP contribution in [0.4, 0.5) is 21.6 Å². The first-order valence-corrected chi connectivity index (χ1v) is 13.6. The predicted molar refractivity (Wildman–Crippen MR) is 132 cm³/mol. The average Bonchev–Trinajstić information content (AvgIpc) is 3.09. The lowest BCUT2D eigenvalue weighted by atomic mass is 10.1. The molecule has 1 saturated heterocycles. The number of halogens is 2. The van der Waals surface area contributed by atoms with Gasteiger partial charge in [-0.25, -0.2) is 14.4 Å². The van der Waals surface area contributed by atoms with Gasteiger partial charge in [-0.3, -0.25) is 13.9 Å². The highest BCUT2D eigenvalue weighted by Gasteiger charge is 2.31. The molecule has 4 N–H and O–H groups in total. The summed E-state index contributed by atoms with van der Waals surface area (Å²) in [5, 5.41) is 6.40. The number of ether oxygens (including phenoxy) is 1. The molecule has 1 aliphatic rings. The highest BCUT2D eigenvalue weighted by Crippen LogP contribution is 2.61. The summed E-state index contributed by atoms with van der Waals surface area (Å²) in [5.41, 5.74) is 1.57. The molecule has 0 saturated carbocycles. The van der Waals surface area contributed by atoms with Crippen molar-refractivity contribution in [2.75, 3.05) is 23.0 Å². The van der Waals surface area contributed by atoms with Crippen molar-refractivity contribution < 1.29 is 23.0 Å². The Hall–Kier alpha value is -2.31. The lowest BCUT2D eigenvalue weighted by Crippen LogP contribution is -2.17. The molecule has 1 fully saturated rings. The Bertz CT molecular complexity index is 1200. The van der Waals surface area contributed by atoms with Gasteiger partial charge in [0, 0.05) is 34.6 Å². The van der Waals surface area contributed by atoms with E-state index in [4.69, 9.17) is 16.3 Å². The largest absolute Gasteiger partial charge is 0.492 e. The Balaban J connectivity index is 1.62. The van der Waals surface area contributed by atoms with E-state index < -0.39 is 15.4 Å². The number of benzene rings is 2. The predicted octanol–water partition coefficient (Wildman–Crippen LogP) is 6.06. The molecule has 176 valence electrons. The van der Waals surface area contributed by atoms with Crippen LogP contribution in [0.25, 0.3) is 10.9 Å². The summed E-state index contributed by atoms with van der Waals surface area (Å²) in [6.07, 6.45) is 2.10. The maximum atomic E-state index is 13.5. The highest BCUT2D eigenvalue weighted by atomic mass is 35.5. The molecule has 0 spiro atoms. The zero-order valence-corrected chi connectivity index (χ0v) is 19.9. The fraction of sp³-hybridized carbons (Fsp3) is 0.286. The van der Waals surface area contributed by atoms with E-state index in [-0.39, 0.29) is 22.6 Å². The fourth-order valence-corrected chi connectivity index (χ4v) is 7.67. The molecule has 1 amide bonds. The number of carbonyl (C=O) groups excluding carboxylic acids is 1. The average molecular weight is 513 g/mol. The van der Waals surface area contributed by atoms with E-state index >= 15 is 0 Å². The Morgan fingerprint density at radius 2 is 2.15 bits per heavy atom. The van der Waals surface area contributed by atoms with Crippen molar-refractivity contribution in [2.24, 2.45) is 0 Å². The minimum Gasteiger partial charge on any atom is -0.492 e. The van der Waals surface area contributed by atoms with Gasteiger partial charge in [0.2, 0.25) is 5.91 Å². The molecule has 1 aliphatic heterocycles. The number of anilines is 3. The van der Waals surface area contributed by atoms with Crippen molar-refractivity contribution >= 4 is 66.0 Å². The van der Waals surface area contributed by atoms with Crippen molar-refractivity contribution in [3.8, 4) is 5.75 Å². The second kappa shape index (κ2) is 9.90. The molecule has 2 aromatic carbocycles. The molecule has 33 heavy (non-hydrogen) atoms. The number of carbonyl (C=O) groups is 1. The summed E-state index contributed by atoms with van der Waals surface area (Å²) >= 11 is 5.88. The zero-order chi connectivity index (χ0) is 23.6. The van der Waals surface area contributed by atoms with E-state index in [1.165, 1.54) is 24.5 Å².